The molecule has 0 saturated carbocycles. The van der Waals surface area contributed by atoms with Crippen molar-refractivity contribution in [2.45, 2.75) is 13.8 Å². The summed E-state index contributed by atoms with van der Waals surface area (Å²) in [7, 11) is 0. The number of aromatic nitrogens is 2. The molecular weight excluding hydrogens is 354 g/mol. The lowest BCUT2D eigenvalue weighted by Gasteiger charge is -2.34. The minimum absolute atomic E-state index is 0.818. The summed E-state index contributed by atoms with van der Waals surface area (Å²) in [6.07, 6.45) is 0. The minimum atomic E-state index is 0.818. The van der Waals surface area contributed by atoms with Gasteiger partial charge in [0.2, 0.25) is 5.95 Å². The van der Waals surface area contributed by atoms with Gasteiger partial charge in [0.1, 0.15) is 5.82 Å². The minimum Gasteiger partial charge on any atom is -0.340 e. The van der Waals surface area contributed by atoms with Crippen LogP contribution in [0.25, 0.3) is 0 Å². The summed E-state index contributed by atoms with van der Waals surface area (Å²) in [4.78, 5) is 14.0. The molecule has 0 spiro atoms. The molecule has 6 heteroatoms. The zero-order chi connectivity index (χ0) is 16.2. The van der Waals surface area contributed by atoms with Crippen molar-refractivity contribution in [3.8, 4) is 0 Å². The molecule has 0 aliphatic carbocycles. The molecule has 1 aliphatic heterocycles. The number of likely N-dealkylation sites (N-methyl/N-ethyl adjacent to an activating group) is 1. The van der Waals surface area contributed by atoms with Gasteiger partial charge in [0.25, 0.3) is 0 Å². The number of aryl methyl sites for hydroxylation is 1. The van der Waals surface area contributed by atoms with Crippen LogP contribution in [0.15, 0.2) is 34.8 Å². The first-order chi connectivity index (χ1) is 11.1. The Labute approximate surface area is 145 Å². The predicted molar refractivity (Wildman–Crippen MR) is 98.5 cm³/mol. The molecule has 1 aliphatic rings. The molecule has 122 valence electrons. The molecular formula is C17H22BrN5. The van der Waals surface area contributed by atoms with Crippen molar-refractivity contribution in [3.63, 3.8) is 0 Å². The first kappa shape index (κ1) is 16.2. The van der Waals surface area contributed by atoms with Crippen molar-refractivity contribution in [3.05, 3.63) is 40.5 Å². The van der Waals surface area contributed by atoms with E-state index in [1.807, 2.05) is 37.3 Å². The van der Waals surface area contributed by atoms with Gasteiger partial charge in [-0.1, -0.05) is 28.9 Å². The first-order valence-electron chi connectivity index (χ1n) is 7.99. The Kier molecular flexibility index (Phi) is 5.13. The van der Waals surface area contributed by atoms with Crippen molar-refractivity contribution >= 4 is 33.4 Å². The Balaban J connectivity index is 1.77. The van der Waals surface area contributed by atoms with Gasteiger partial charge in [0, 0.05) is 48.1 Å². The number of nitrogens with one attached hydrogen (secondary N) is 1. The lowest BCUT2D eigenvalue weighted by atomic mass is 10.3. The highest BCUT2D eigenvalue weighted by Gasteiger charge is 2.18. The molecule has 1 saturated heterocycles. The van der Waals surface area contributed by atoms with Crippen LogP contribution in [0.3, 0.4) is 0 Å². The van der Waals surface area contributed by atoms with E-state index in [1.165, 1.54) is 0 Å². The Morgan fingerprint density at radius 3 is 2.61 bits per heavy atom. The molecule has 5 nitrogen and oxygen atoms in total. The van der Waals surface area contributed by atoms with E-state index in [1.54, 1.807) is 0 Å². The molecule has 2 heterocycles. The molecule has 1 aromatic heterocycles. The molecule has 0 unspecified atom stereocenters. The van der Waals surface area contributed by atoms with Crippen LogP contribution in [0.2, 0.25) is 0 Å². The smallest absolute Gasteiger partial charge is 0.227 e. The van der Waals surface area contributed by atoms with Crippen molar-refractivity contribution in [1.29, 1.82) is 0 Å². The lowest BCUT2D eigenvalue weighted by Crippen LogP contribution is -2.46. The Morgan fingerprint density at radius 1 is 1.13 bits per heavy atom. The van der Waals surface area contributed by atoms with Gasteiger partial charge in [-0.2, -0.15) is 4.98 Å². The average Bonchev–Trinajstić information content (AvgIpc) is 2.54. The first-order valence-corrected chi connectivity index (χ1v) is 8.79. The van der Waals surface area contributed by atoms with Crippen molar-refractivity contribution < 1.29 is 0 Å². The number of hydrogen-bond acceptors (Lipinski definition) is 5. The molecule has 0 radical (unpaired) electrons. The third-order valence-corrected chi connectivity index (χ3v) is 4.54. The van der Waals surface area contributed by atoms with Gasteiger partial charge in [0.05, 0.1) is 0 Å². The molecule has 0 amide bonds. The van der Waals surface area contributed by atoms with Crippen LogP contribution >= 0.6 is 15.9 Å². The summed E-state index contributed by atoms with van der Waals surface area (Å²) in [5, 5.41) is 3.37. The third kappa shape index (κ3) is 4.20. The molecule has 0 atom stereocenters. The SMILES string of the molecule is CCN1CCN(c2nc(C)cc(Nc3cccc(Br)c3)n2)CC1. The Hall–Kier alpha value is -1.66. The monoisotopic (exact) mass is 375 g/mol. The second kappa shape index (κ2) is 7.27. The Bertz CT molecular complexity index is 668. The lowest BCUT2D eigenvalue weighted by molar-refractivity contribution is 0.270. The maximum atomic E-state index is 4.70. The summed E-state index contributed by atoms with van der Waals surface area (Å²) in [5.74, 6) is 1.65. The summed E-state index contributed by atoms with van der Waals surface area (Å²) in [6.45, 7) is 9.43. The zero-order valence-electron chi connectivity index (χ0n) is 13.6. The van der Waals surface area contributed by atoms with Gasteiger partial charge in [-0.05, 0) is 31.7 Å². The van der Waals surface area contributed by atoms with E-state index in [0.717, 1.165) is 60.3 Å². The van der Waals surface area contributed by atoms with Gasteiger partial charge in [0.15, 0.2) is 0 Å². The number of nitrogens with zero attached hydrogens (tertiary/aromatic N) is 4. The zero-order valence-corrected chi connectivity index (χ0v) is 15.2. The second-order valence-corrected chi connectivity index (χ2v) is 6.67. The standard InChI is InChI=1S/C17H22BrN5/c1-3-22-7-9-23(10-8-22)17-19-13(2)11-16(21-17)20-15-6-4-5-14(18)12-15/h4-6,11-12H,3,7-10H2,1-2H3,(H,19,20,21). The molecule has 1 fully saturated rings. The molecule has 1 N–H and O–H groups in total. The van der Waals surface area contributed by atoms with Gasteiger partial charge in [-0.15, -0.1) is 0 Å². The molecule has 23 heavy (non-hydrogen) atoms. The topological polar surface area (TPSA) is 44.3 Å². The number of benzene rings is 1. The van der Waals surface area contributed by atoms with Gasteiger partial charge in [-0.25, -0.2) is 4.98 Å². The average molecular weight is 376 g/mol. The summed E-state index contributed by atoms with van der Waals surface area (Å²) in [5.41, 5.74) is 1.99. The number of hydrogen-bond donors (Lipinski definition) is 1. The van der Waals surface area contributed by atoms with Gasteiger partial charge < -0.3 is 15.1 Å². The number of anilines is 3. The van der Waals surface area contributed by atoms with E-state index in [2.05, 4.69) is 43.0 Å². The maximum Gasteiger partial charge on any atom is 0.227 e. The summed E-state index contributed by atoms with van der Waals surface area (Å²) >= 11 is 3.49. The fourth-order valence-electron chi connectivity index (χ4n) is 2.74. The second-order valence-electron chi connectivity index (χ2n) is 5.75. The van der Waals surface area contributed by atoms with Crippen molar-refractivity contribution in [2.75, 3.05) is 42.9 Å². The number of rotatable bonds is 4. The Morgan fingerprint density at radius 2 is 1.91 bits per heavy atom. The fraction of sp³-hybridized carbons (Fsp3) is 0.412. The molecule has 1 aromatic carbocycles. The van der Waals surface area contributed by atoms with Gasteiger partial charge in [-0.3, -0.25) is 0 Å². The highest BCUT2D eigenvalue weighted by molar-refractivity contribution is 9.10. The van der Waals surface area contributed by atoms with Crippen LogP contribution in [0.4, 0.5) is 17.5 Å². The molecule has 0 bridgehead atoms. The fourth-order valence-corrected chi connectivity index (χ4v) is 3.14. The molecule has 2 aromatic rings. The van der Waals surface area contributed by atoms with Crippen LogP contribution in [0, 0.1) is 6.92 Å². The number of halogens is 1. The van der Waals surface area contributed by atoms with Gasteiger partial charge >= 0.3 is 0 Å². The largest absolute Gasteiger partial charge is 0.340 e. The van der Waals surface area contributed by atoms with E-state index in [9.17, 15) is 0 Å². The predicted octanol–water partition coefficient (Wildman–Crippen LogP) is 3.43. The van der Waals surface area contributed by atoms with E-state index in [4.69, 9.17) is 4.98 Å². The van der Waals surface area contributed by atoms with E-state index >= 15 is 0 Å². The summed E-state index contributed by atoms with van der Waals surface area (Å²) < 4.78 is 1.05. The van der Waals surface area contributed by atoms with E-state index < -0.39 is 0 Å². The molecule has 3 rings (SSSR count). The van der Waals surface area contributed by atoms with Crippen molar-refractivity contribution in [1.82, 2.24) is 14.9 Å². The van der Waals surface area contributed by atoms with Crippen LogP contribution < -0.4 is 10.2 Å². The van der Waals surface area contributed by atoms with Crippen LogP contribution in [0.5, 0.6) is 0 Å². The third-order valence-electron chi connectivity index (χ3n) is 4.04. The highest BCUT2D eigenvalue weighted by atomic mass is 79.9. The van der Waals surface area contributed by atoms with Crippen molar-refractivity contribution in [2.24, 2.45) is 0 Å². The highest BCUT2D eigenvalue weighted by Crippen LogP contribution is 2.21. The maximum absolute atomic E-state index is 4.70. The quantitative estimate of drug-likeness (QED) is 0.886. The van der Waals surface area contributed by atoms with E-state index in [0.29, 0.717) is 0 Å². The summed E-state index contributed by atoms with van der Waals surface area (Å²) in [6, 6.07) is 10.1. The van der Waals surface area contributed by atoms with E-state index in [-0.39, 0.29) is 0 Å². The normalized spacial score (nSPS) is 15.7. The number of piperazine rings is 1. The van der Waals surface area contributed by atoms with Crippen LogP contribution in [-0.4, -0.2) is 47.6 Å². The van der Waals surface area contributed by atoms with Crippen LogP contribution in [-0.2, 0) is 0 Å². The van der Waals surface area contributed by atoms with Crippen LogP contribution in [0.1, 0.15) is 12.6 Å².